The highest BCUT2D eigenvalue weighted by Crippen LogP contribution is 2.16. The summed E-state index contributed by atoms with van der Waals surface area (Å²) in [5, 5.41) is 2.99. The lowest BCUT2D eigenvalue weighted by molar-refractivity contribution is -0.130. The maximum atomic E-state index is 12.1. The first kappa shape index (κ1) is 16.5. The molecule has 1 aliphatic heterocycles. The highest BCUT2D eigenvalue weighted by atomic mass is 16.2. The zero-order valence-corrected chi connectivity index (χ0v) is 13.7. The number of rotatable bonds is 4. The molecule has 2 amide bonds. The van der Waals surface area contributed by atoms with Gasteiger partial charge in [-0.05, 0) is 31.0 Å². The molecule has 2 rings (SSSR count). The van der Waals surface area contributed by atoms with Gasteiger partial charge in [-0.1, -0.05) is 12.1 Å². The van der Waals surface area contributed by atoms with E-state index in [-0.39, 0.29) is 11.8 Å². The number of hydrogen-bond donors (Lipinski definition) is 1. The third kappa shape index (κ3) is 4.56. The normalized spacial score (nSPS) is 15.7. The molecule has 1 fully saturated rings. The summed E-state index contributed by atoms with van der Waals surface area (Å²) < 4.78 is 0. The lowest BCUT2D eigenvalue weighted by atomic mass is 10.1. The predicted octanol–water partition coefficient (Wildman–Crippen LogP) is 1.80. The number of nitrogens with one attached hydrogen (secondary N) is 1. The Morgan fingerprint density at radius 2 is 1.82 bits per heavy atom. The van der Waals surface area contributed by atoms with E-state index in [4.69, 9.17) is 0 Å². The number of benzene rings is 1. The van der Waals surface area contributed by atoms with Crippen molar-refractivity contribution < 1.29 is 9.59 Å². The molecule has 1 aromatic carbocycles. The van der Waals surface area contributed by atoms with Crippen molar-refractivity contribution in [1.29, 1.82) is 0 Å². The van der Waals surface area contributed by atoms with Crippen molar-refractivity contribution in [2.45, 2.75) is 27.2 Å². The van der Waals surface area contributed by atoms with E-state index < -0.39 is 0 Å². The van der Waals surface area contributed by atoms with Gasteiger partial charge >= 0.3 is 0 Å². The van der Waals surface area contributed by atoms with Crippen molar-refractivity contribution in [3.63, 3.8) is 0 Å². The minimum Gasteiger partial charge on any atom is -0.340 e. The predicted molar refractivity (Wildman–Crippen MR) is 87.9 cm³/mol. The Hall–Kier alpha value is -1.88. The standard InChI is InChI=1S/C17H25N3O2/c1-13-4-5-14(2)16(12-13)18-17(22)6-7-19-8-10-20(11-9-19)15(3)21/h4-5,12H,6-11H2,1-3H3,(H,18,22). The molecule has 1 saturated heterocycles. The van der Waals surface area contributed by atoms with Crippen LogP contribution in [-0.2, 0) is 9.59 Å². The monoisotopic (exact) mass is 303 g/mol. The van der Waals surface area contributed by atoms with E-state index in [1.807, 2.05) is 36.9 Å². The zero-order valence-electron chi connectivity index (χ0n) is 13.7. The number of piperazine rings is 1. The van der Waals surface area contributed by atoms with Gasteiger partial charge in [0.15, 0.2) is 0 Å². The van der Waals surface area contributed by atoms with Crippen LogP contribution in [0.3, 0.4) is 0 Å². The summed E-state index contributed by atoms with van der Waals surface area (Å²) in [6, 6.07) is 6.06. The number of carbonyl (C=O) groups is 2. The highest BCUT2D eigenvalue weighted by molar-refractivity contribution is 5.91. The fourth-order valence-electron chi connectivity index (χ4n) is 2.63. The number of carbonyl (C=O) groups excluding carboxylic acids is 2. The molecule has 5 heteroatoms. The first-order valence-electron chi connectivity index (χ1n) is 7.80. The van der Waals surface area contributed by atoms with Gasteiger partial charge in [0.1, 0.15) is 0 Å². The van der Waals surface area contributed by atoms with E-state index in [9.17, 15) is 9.59 Å². The zero-order chi connectivity index (χ0) is 16.1. The van der Waals surface area contributed by atoms with Crippen LogP contribution in [-0.4, -0.2) is 54.3 Å². The molecule has 22 heavy (non-hydrogen) atoms. The lowest BCUT2D eigenvalue weighted by Gasteiger charge is -2.34. The second kappa shape index (κ2) is 7.40. The second-order valence-corrected chi connectivity index (χ2v) is 5.96. The van der Waals surface area contributed by atoms with Gasteiger partial charge in [0, 0.05) is 51.8 Å². The summed E-state index contributed by atoms with van der Waals surface area (Å²) >= 11 is 0. The molecular weight excluding hydrogens is 278 g/mol. The van der Waals surface area contributed by atoms with E-state index >= 15 is 0 Å². The van der Waals surface area contributed by atoms with Gasteiger partial charge in [-0.3, -0.25) is 14.5 Å². The molecule has 0 atom stereocenters. The molecule has 0 aromatic heterocycles. The quantitative estimate of drug-likeness (QED) is 0.923. The van der Waals surface area contributed by atoms with Crippen molar-refractivity contribution in [3.8, 4) is 0 Å². The molecule has 1 heterocycles. The van der Waals surface area contributed by atoms with Crippen molar-refractivity contribution in [1.82, 2.24) is 9.80 Å². The van der Waals surface area contributed by atoms with Gasteiger partial charge < -0.3 is 10.2 Å². The van der Waals surface area contributed by atoms with Crippen molar-refractivity contribution >= 4 is 17.5 Å². The second-order valence-electron chi connectivity index (χ2n) is 5.96. The summed E-state index contributed by atoms with van der Waals surface area (Å²) in [6.45, 7) is 9.56. The van der Waals surface area contributed by atoms with Crippen LogP contribution in [0.1, 0.15) is 24.5 Å². The molecule has 1 aliphatic rings. The summed E-state index contributed by atoms with van der Waals surface area (Å²) in [5.41, 5.74) is 3.11. The minimum absolute atomic E-state index is 0.0442. The van der Waals surface area contributed by atoms with Crippen molar-refractivity contribution in [2.24, 2.45) is 0 Å². The summed E-state index contributed by atoms with van der Waals surface area (Å²) in [7, 11) is 0. The van der Waals surface area contributed by atoms with Crippen LogP contribution in [0.5, 0.6) is 0 Å². The number of amides is 2. The Bertz CT molecular complexity index is 549. The molecule has 0 bridgehead atoms. The minimum atomic E-state index is 0.0442. The van der Waals surface area contributed by atoms with Crippen LogP contribution in [0.4, 0.5) is 5.69 Å². The Kier molecular flexibility index (Phi) is 5.55. The SMILES string of the molecule is CC(=O)N1CCN(CCC(=O)Nc2cc(C)ccc2C)CC1. The maximum Gasteiger partial charge on any atom is 0.225 e. The van der Waals surface area contributed by atoms with Crippen molar-refractivity contribution in [2.75, 3.05) is 38.0 Å². The number of hydrogen-bond acceptors (Lipinski definition) is 3. The molecule has 0 radical (unpaired) electrons. The molecule has 0 spiro atoms. The Balaban J connectivity index is 1.77. The molecule has 0 saturated carbocycles. The molecule has 1 N–H and O–H groups in total. The lowest BCUT2D eigenvalue weighted by Crippen LogP contribution is -2.48. The largest absolute Gasteiger partial charge is 0.340 e. The average Bonchev–Trinajstić information content (AvgIpc) is 2.49. The van der Waals surface area contributed by atoms with Crippen LogP contribution >= 0.6 is 0 Å². The molecule has 1 aromatic rings. The smallest absolute Gasteiger partial charge is 0.225 e. The first-order chi connectivity index (χ1) is 10.5. The third-order valence-electron chi connectivity index (χ3n) is 4.14. The van der Waals surface area contributed by atoms with E-state index in [0.29, 0.717) is 6.42 Å². The van der Waals surface area contributed by atoms with Gasteiger partial charge in [-0.2, -0.15) is 0 Å². The molecule has 0 aliphatic carbocycles. The number of nitrogens with zero attached hydrogens (tertiary/aromatic N) is 2. The Morgan fingerprint density at radius 1 is 1.14 bits per heavy atom. The average molecular weight is 303 g/mol. The third-order valence-corrected chi connectivity index (χ3v) is 4.14. The van der Waals surface area contributed by atoms with Gasteiger partial charge in [0.2, 0.25) is 11.8 Å². The van der Waals surface area contributed by atoms with E-state index in [2.05, 4.69) is 10.2 Å². The van der Waals surface area contributed by atoms with E-state index in [1.54, 1.807) is 6.92 Å². The van der Waals surface area contributed by atoms with Gasteiger partial charge in [-0.25, -0.2) is 0 Å². The summed E-state index contributed by atoms with van der Waals surface area (Å²) in [5.74, 6) is 0.176. The van der Waals surface area contributed by atoms with Gasteiger partial charge in [0.25, 0.3) is 0 Å². The van der Waals surface area contributed by atoms with Crippen LogP contribution in [0.2, 0.25) is 0 Å². The first-order valence-corrected chi connectivity index (χ1v) is 7.80. The molecular formula is C17H25N3O2. The maximum absolute atomic E-state index is 12.1. The van der Waals surface area contributed by atoms with Crippen LogP contribution in [0.25, 0.3) is 0 Å². The fourth-order valence-corrected chi connectivity index (χ4v) is 2.63. The molecule has 0 unspecified atom stereocenters. The van der Waals surface area contributed by atoms with Crippen LogP contribution < -0.4 is 5.32 Å². The summed E-state index contributed by atoms with van der Waals surface area (Å²) in [6.07, 6.45) is 0.480. The fraction of sp³-hybridized carbons (Fsp3) is 0.529. The van der Waals surface area contributed by atoms with Crippen LogP contribution in [0.15, 0.2) is 18.2 Å². The summed E-state index contributed by atoms with van der Waals surface area (Å²) in [4.78, 5) is 27.5. The van der Waals surface area contributed by atoms with Crippen LogP contribution in [0, 0.1) is 13.8 Å². The van der Waals surface area contributed by atoms with E-state index in [0.717, 1.165) is 49.5 Å². The highest BCUT2D eigenvalue weighted by Gasteiger charge is 2.18. The van der Waals surface area contributed by atoms with E-state index in [1.165, 1.54) is 0 Å². The topological polar surface area (TPSA) is 52.7 Å². The Labute approximate surface area is 132 Å². The number of anilines is 1. The molecule has 5 nitrogen and oxygen atoms in total. The van der Waals surface area contributed by atoms with Crippen molar-refractivity contribution in [3.05, 3.63) is 29.3 Å². The van der Waals surface area contributed by atoms with Gasteiger partial charge in [-0.15, -0.1) is 0 Å². The van der Waals surface area contributed by atoms with Gasteiger partial charge in [0.05, 0.1) is 0 Å². The Morgan fingerprint density at radius 3 is 2.45 bits per heavy atom. The molecule has 120 valence electrons. The number of aryl methyl sites for hydroxylation is 2.